The molecule has 0 aliphatic carbocycles. The monoisotopic (exact) mass is 364 g/mol. The Kier molecular flexibility index (Phi) is 4.12. The number of benzene rings is 2. The molecule has 1 aliphatic rings. The Morgan fingerprint density at radius 2 is 1.88 bits per heavy atom. The zero-order valence-electron chi connectivity index (χ0n) is 14.9. The minimum Gasteiger partial charge on any atom is -0.466 e. The number of aromatic nitrogens is 2. The highest BCUT2D eigenvalue weighted by molar-refractivity contribution is 6.30. The van der Waals surface area contributed by atoms with E-state index in [-0.39, 0.29) is 5.92 Å². The van der Waals surface area contributed by atoms with Crippen molar-refractivity contribution in [2.24, 2.45) is 0 Å². The first kappa shape index (κ1) is 16.9. The number of halogens is 1. The lowest BCUT2D eigenvalue weighted by atomic mass is 9.78. The van der Waals surface area contributed by atoms with Crippen LogP contribution < -0.4 is 4.74 Å². The molecule has 2 heterocycles. The standard InChI is InChI=1S/C22H21ClN2O/c1-15(2)22(3)13-19(16-9-11-17(23)12-10-16)20-14-24-25(21(20)26-22)18-7-5-4-6-8-18/h4-12,14,19H,1,13H2,2-3H3/t19-,22-/m1/s1. The fourth-order valence-corrected chi connectivity index (χ4v) is 3.58. The second-order valence-corrected chi connectivity index (χ2v) is 7.51. The first-order chi connectivity index (χ1) is 12.5. The molecule has 0 amide bonds. The van der Waals surface area contributed by atoms with Crippen molar-refractivity contribution in [1.82, 2.24) is 9.78 Å². The fourth-order valence-electron chi connectivity index (χ4n) is 3.45. The Morgan fingerprint density at radius 3 is 2.54 bits per heavy atom. The van der Waals surface area contributed by atoms with Gasteiger partial charge in [0.05, 0.1) is 11.9 Å². The van der Waals surface area contributed by atoms with Crippen LogP contribution in [0.3, 0.4) is 0 Å². The van der Waals surface area contributed by atoms with Gasteiger partial charge in [-0.2, -0.15) is 5.10 Å². The first-order valence-corrected chi connectivity index (χ1v) is 9.09. The molecule has 0 unspecified atom stereocenters. The van der Waals surface area contributed by atoms with Gasteiger partial charge in [0.25, 0.3) is 0 Å². The molecule has 2 atom stereocenters. The van der Waals surface area contributed by atoms with Crippen LogP contribution in [-0.2, 0) is 0 Å². The molecule has 1 aliphatic heterocycles. The van der Waals surface area contributed by atoms with Crippen LogP contribution in [0.1, 0.15) is 37.3 Å². The number of rotatable bonds is 3. The van der Waals surface area contributed by atoms with Crippen LogP contribution in [0.4, 0.5) is 0 Å². The molecule has 0 saturated heterocycles. The molecule has 0 N–H and O–H groups in total. The van der Waals surface area contributed by atoms with E-state index in [1.54, 1.807) is 0 Å². The van der Waals surface area contributed by atoms with Gasteiger partial charge in [0.15, 0.2) is 0 Å². The van der Waals surface area contributed by atoms with Crippen molar-refractivity contribution in [3.63, 3.8) is 0 Å². The molecule has 26 heavy (non-hydrogen) atoms. The number of fused-ring (bicyclic) bond motifs is 1. The number of nitrogens with zero attached hydrogens (tertiary/aromatic N) is 2. The van der Waals surface area contributed by atoms with Crippen LogP contribution in [0.15, 0.2) is 72.9 Å². The minimum atomic E-state index is -0.454. The molecule has 132 valence electrons. The predicted octanol–water partition coefficient (Wildman–Crippen LogP) is 5.77. The molecule has 0 fully saturated rings. The topological polar surface area (TPSA) is 27.1 Å². The lowest BCUT2D eigenvalue weighted by Gasteiger charge is -2.39. The third-order valence-corrected chi connectivity index (χ3v) is 5.47. The van der Waals surface area contributed by atoms with E-state index in [1.165, 1.54) is 5.56 Å². The Morgan fingerprint density at radius 1 is 1.19 bits per heavy atom. The van der Waals surface area contributed by atoms with E-state index in [9.17, 15) is 0 Å². The van der Waals surface area contributed by atoms with Gasteiger partial charge in [-0.15, -0.1) is 0 Å². The third-order valence-electron chi connectivity index (χ3n) is 5.22. The summed E-state index contributed by atoms with van der Waals surface area (Å²) in [6, 6.07) is 18.1. The van der Waals surface area contributed by atoms with Gasteiger partial charge in [0.2, 0.25) is 5.88 Å². The van der Waals surface area contributed by atoms with Gasteiger partial charge in [0.1, 0.15) is 5.60 Å². The molecule has 0 spiro atoms. The highest BCUT2D eigenvalue weighted by Gasteiger charge is 2.41. The maximum absolute atomic E-state index is 6.46. The van der Waals surface area contributed by atoms with E-state index in [1.807, 2.05) is 60.3 Å². The number of hydrogen-bond donors (Lipinski definition) is 0. The van der Waals surface area contributed by atoms with Gasteiger partial charge < -0.3 is 4.74 Å². The van der Waals surface area contributed by atoms with Crippen LogP contribution in [0.5, 0.6) is 5.88 Å². The highest BCUT2D eigenvalue weighted by Crippen LogP contribution is 2.47. The lowest BCUT2D eigenvalue weighted by molar-refractivity contribution is 0.0857. The Bertz CT molecular complexity index is 946. The molecule has 2 aromatic carbocycles. The van der Waals surface area contributed by atoms with Gasteiger partial charge in [-0.1, -0.05) is 48.5 Å². The summed E-state index contributed by atoms with van der Waals surface area (Å²) in [5.41, 5.74) is 3.83. The van der Waals surface area contributed by atoms with Crippen molar-refractivity contribution in [1.29, 1.82) is 0 Å². The van der Waals surface area contributed by atoms with Crippen molar-refractivity contribution in [3.05, 3.63) is 89.1 Å². The SMILES string of the molecule is C=C(C)[C@@]1(C)C[C@H](c2ccc(Cl)cc2)c2cnn(-c3ccccc3)c2O1. The van der Waals surface area contributed by atoms with Crippen LogP contribution >= 0.6 is 11.6 Å². The van der Waals surface area contributed by atoms with Crippen molar-refractivity contribution in [3.8, 4) is 11.6 Å². The summed E-state index contributed by atoms with van der Waals surface area (Å²) in [5, 5.41) is 5.36. The second-order valence-electron chi connectivity index (χ2n) is 7.07. The molecule has 4 rings (SSSR count). The van der Waals surface area contributed by atoms with E-state index in [0.29, 0.717) is 0 Å². The number of para-hydroxylation sites is 1. The van der Waals surface area contributed by atoms with E-state index < -0.39 is 5.60 Å². The fraction of sp³-hybridized carbons (Fsp3) is 0.227. The van der Waals surface area contributed by atoms with Crippen LogP contribution in [0, 0.1) is 0 Å². The number of hydrogen-bond acceptors (Lipinski definition) is 2. The summed E-state index contributed by atoms with van der Waals surface area (Å²) in [6.07, 6.45) is 2.73. The second kappa shape index (κ2) is 6.33. The van der Waals surface area contributed by atoms with Gasteiger partial charge in [-0.25, -0.2) is 4.68 Å². The van der Waals surface area contributed by atoms with Crippen molar-refractivity contribution in [2.45, 2.75) is 31.8 Å². The van der Waals surface area contributed by atoms with Crippen molar-refractivity contribution >= 4 is 11.6 Å². The van der Waals surface area contributed by atoms with E-state index in [4.69, 9.17) is 16.3 Å². The normalized spacial score (nSPS) is 21.7. The molecule has 0 saturated carbocycles. The average Bonchev–Trinajstić information content (AvgIpc) is 3.06. The molecule has 0 radical (unpaired) electrons. The van der Waals surface area contributed by atoms with Crippen molar-refractivity contribution in [2.75, 3.05) is 0 Å². The summed E-state index contributed by atoms with van der Waals surface area (Å²) in [4.78, 5) is 0. The summed E-state index contributed by atoms with van der Waals surface area (Å²) >= 11 is 6.09. The smallest absolute Gasteiger partial charge is 0.221 e. The maximum Gasteiger partial charge on any atom is 0.221 e. The predicted molar refractivity (Wildman–Crippen MR) is 105 cm³/mol. The van der Waals surface area contributed by atoms with Gasteiger partial charge >= 0.3 is 0 Å². The largest absolute Gasteiger partial charge is 0.466 e. The maximum atomic E-state index is 6.46. The van der Waals surface area contributed by atoms with E-state index in [2.05, 4.69) is 30.7 Å². The minimum absolute atomic E-state index is 0.176. The van der Waals surface area contributed by atoms with Gasteiger partial charge in [-0.05, 0) is 49.2 Å². The van der Waals surface area contributed by atoms with Crippen LogP contribution in [0.2, 0.25) is 5.02 Å². The van der Waals surface area contributed by atoms with Gasteiger partial charge in [-0.3, -0.25) is 0 Å². The molecule has 1 aromatic heterocycles. The lowest BCUT2D eigenvalue weighted by Crippen LogP contribution is -2.39. The van der Waals surface area contributed by atoms with E-state index in [0.717, 1.165) is 34.1 Å². The molecular formula is C22H21ClN2O. The highest BCUT2D eigenvalue weighted by atomic mass is 35.5. The number of ether oxygens (including phenoxy) is 1. The van der Waals surface area contributed by atoms with E-state index >= 15 is 0 Å². The summed E-state index contributed by atoms with van der Waals surface area (Å²) < 4.78 is 8.33. The molecule has 3 aromatic rings. The Hall–Kier alpha value is -2.52. The zero-order chi connectivity index (χ0) is 18.3. The molecule has 0 bridgehead atoms. The summed E-state index contributed by atoms with van der Waals surface area (Å²) in [5.74, 6) is 0.961. The Labute approximate surface area is 158 Å². The molecule has 4 heteroatoms. The van der Waals surface area contributed by atoms with Crippen molar-refractivity contribution < 1.29 is 4.74 Å². The van der Waals surface area contributed by atoms with Gasteiger partial charge in [0, 0.05) is 22.9 Å². The first-order valence-electron chi connectivity index (χ1n) is 8.72. The summed E-state index contributed by atoms with van der Waals surface area (Å²) in [6.45, 7) is 8.30. The molecular weight excluding hydrogens is 344 g/mol. The van der Waals surface area contributed by atoms with Crippen LogP contribution in [-0.4, -0.2) is 15.4 Å². The molecule has 3 nitrogen and oxygen atoms in total. The van der Waals surface area contributed by atoms with Crippen LogP contribution in [0.25, 0.3) is 5.69 Å². The Balaban J connectivity index is 1.87. The summed E-state index contributed by atoms with van der Waals surface area (Å²) in [7, 11) is 0. The average molecular weight is 365 g/mol. The third kappa shape index (κ3) is 2.82. The quantitative estimate of drug-likeness (QED) is 0.551. The zero-order valence-corrected chi connectivity index (χ0v) is 15.7.